The molecule has 2 N–H and O–H groups in total. The van der Waals surface area contributed by atoms with Gasteiger partial charge in [0.05, 0.1) is 5.02 Å². The van der Waals surface area contributed by atoms with Gasteiger partial charge in [-0.2, -0.15) is 4.31 Å². The van der Waals surface area contributed by atoms with Crippen LogP contribution in [-0.2, 0) is 10.0 Å². The molecule has 100 valence electrons. The molecule has 1 aromatic rings. The van der Waals surface area contributed by atoms with Gasteiger partial charge in [0.1, 0.15) is 4.90 Å². The number of sulfonamides is 1. The van der Waals surface area contributed by atoms with E-state index >= 15 is 0 Å². The summed E-state index contributed by atoms with van der Waals surface area (Å²) in [6.45, 7) is 0.845. The summed E-state index contributed by atoms with van der Waals surface area (Å²) in [5.74, 6) is 0. The third-order valence-electron chi connectivity index (χ3n) is 3.08. The number of nitrogens with zero attached hydrogens (tertiary/aromatic N) is 1. The van der Waals surface area contributed by atoms with Crippen LogP contribution in [0.5, 0.6) is 0 Å². The molecule has 0 unspecified atom stereocenters. The van der Waals surface area contributed by atoms with E-state index in [1.165, 1.54) is 10.4 Å². The first-order valence-electron chi connectivity index (χ1n) is 5.64. The minimum absolute atomic E-state index is 0.120. The van der Waals surface area contributed by atoms with E-state index < -0.39 is 10.0 Å². The van der Waals surface area contributed by atoms with Crippen LogP contribution in [-0.4, -0.2) is 31.9 Å². The molecule has 1 aliphatic rings. The molecule has 0 spiro atoms. The molecule has 1 saturated heterocycles. The zero-order chi connectivity index (χ0) is 13.3. The first-order chi connectivity index (χ1) is 8.46. The van der Waals surface area contributed by atoms with E-state index in [0.717, 1.165) is 12.8 Å². The van der Waals surface area contributed by atoms with E-state index in [2.05, 4.69) is 15.9 Å². The molecule has 1 atom stereocenters. The van der Waals surface area contributed by atoms with E-state index in [0.29, 0.717) is 17.6 Å². The molecule has 0 amide bonds. The minimum atomic E-state index is -3.56. The average Bonchev–Trinajstić information content (AvgIpc) is 2.81. The van der Waals surface area contributed by atoms with Crippen molar-refractivity contribution in [3.8, 4) is 0 Å². The van der Waals surface area contributed by atoms with Gasteiger partial charge in [-0.1, -0.05) is 27.5 Å². The Morgan fingerprint density at radius 1 is 1.50 bits per heavy atom. The predicted octanol–water partition coefficient (Wildman–Crippen LogP) is 2.21. The highest BCUT2D eigenvalue weighted by molar-refractivity contribution is 9.10. The van der Waals surface area contributed by atoms with Crippen molar-refractivity contribution in [2.75, 3.05) is 13.1 Å². The predicted molar refractivity (Wildman–Crippen MR) is 75.1 cm³/mol. The molecule has 1 aromatic carbocycles. The van der Waals surface area contributed by atoms with Crippen LogP contribution in [0, 0.1) is 0 Å². The molecule has 0 aromatic heterocycles. The third kappa shape index (κ3) is 2.58. The standard InChI is InChI=1S/C11H14BrClN2O2S/c12-8-3-4-10(13)11(6-8)18(16,17)15-5-1-2-9(15)7-14/h3-4,6,9H,1-2,5,7,14H2/t9-/m0/s1. The van der Waals surface area contributed by atoms with Crippen LogP contribution < -0.4 is 5.73 Å². The van der Waals surface area contributed by atoms with Crippen LogP contribution in [0.15, 0.2) is 27.6 Å². The molecule has 7 heteroatoms. The maximum Gasteiger partial charge on any atom is 0.244 e. The summed E-state index contributed by atoms with van der Waals surface area (Å²) in [5, 5.41) is 0.237. The highest BCUT2D eigenvalue weighted by atomic mass is 79.9. The van der Waals surface area contributed by atoms with Gasteiger partial charge in [-0.05, 0) is 31.0 Å². The molecular weight excluding hydrogens is 340 g/mol. The van der Waals surface area contributed by atoms with E-state index in [4.69, 9.17) is 17.3 Å². The first-order valence-corrected chi connectivity index (χ1v) is 8.25. The van der Waals surface area contributed by atoms with Gasteiger partial charge in [-0.25, -0.2) is 8.42 Å². The second-order valence-electron chi connectivity index (χ2n) is 4.22. The maximum absolute atomic E-state index is 12.5. The number of nitrogens with two attached hydrogens (primary N) is 1. The smallest absolute Gasteiger partial charge is 0.244 e. The van der Waals surface area contributed by atoms with Crippen LogP contribution in [0.4, 0.5) is 0 Å². The Labute approximate surface area is 120 Å². The van der Waals surface area contributed by atoms with Crippen molar-refractivity contribution in [3.05, 3.63) is 27.7 Å². The lowest BCUT2D eigenvalue weighted by atomic mass is 10.2. The molecule has 1 aliphatic heterocycles. The average molecular weight is 354 g/mol. The van der Waals surface area contributed by atoms with E-state index in [-0.39, 0.29) is 16.0 Å². The molecule has 2 rings (SSSR count). The molecule has 18 heavy (non-hydrogen) atoms. The third-order valence-corrected chi connectivity index (χ3v) is 6.00. The van der Waals surface area contributed by atoms with Gasteiger partial charge in [0.2, 0.25) is 10.0 Å². The van der Waals surface area contributed by atoms with Gasteiger partial charge in [0, 0.05) is 23.6 Å². The van der Waals surface area contributed by atoms with Crippen molar-refractivity contribution in [3.63, 3.8) is 0 Å². The summed E-state index contributed by atoms with van der Waals surface area (Å²) < 4.78 is 27.2. The summed E-state index contributed by atoms with van der Waals surface area (Å²) >= 11 is 9.26. The van der Waals surface area contributed by atoms with Gasteiger partial charge < -0.3 is 5.73 Å². The first kappa shape index (κ1) is 14.3. The topological polar surface area (TPSA) is 63.4 Å². The number of hydrogen-bond acceptors (Lipinski definition) is 3. The van der Waals surface area contributed by atoms with Crippen LogP contribution in [0.3, 0.4) is 0 Å². The molecule has 0 aliphatic carbocycles. The lowest BCUT2D eigenvalue weighted by Gasteiger charge is -2.23. The fourth-order valence-corrected chi connectivity index (χ4v) is 4.88. The lowest BCUT2D eigenvalue weighted by Crippen LogP contribution is -2.39. The Bertz CT molecular complexity index is 550. The molecule has 0 radical (unpaired) electrons. The molecule has 0 saturated carbocycles. The monoisotopic (exact) mass is 352 g/mol. The largest absolute Gasteiger partial charge is 0.329 e. The second kappa shape index (κ2) is 5.46. The summed E-state index contributed by atoms with van der Waals surface area (Å²) in [6, 6.07) is 4.70. The van der Waals surface area contributed by atoms with E-state index in [1.54, 1.807) is 12.1 Å². The number of rotatable bonds is 3. The van der Waals surface area contributed by atoms with Crippen LogP contribution in [0.1, 0.15) is 12.8 Å². The van der Waals surface area contributed by atoms with Gasteiger partial charge in [-0.3, -0.25) is 0 Å². The van der Waals surface area contributed by atoms with Crippen molar-refractivity contribution < 1.29 is 8.42 Å². The minimum Gasteiger partial charge on any atom is -0.329 e. The Hall–Kier alpha value is -0.140. The van der Waals surface area contributed by atoms with Crippen LogP contribution in [0.2, 0.25) is 5.02 Å². The van der Waals surface area contributed by atoms with Gasteiger partial charge in [-0.15, -0.1) is 0 Å². The molecule has 0 bridgehead atoms. The van der Waals surface area contributed by atoms with Crippen LogP contribution in [0.25, 0.3) is 0 Å². The van der Waals surface area contributed by atoms with E-state index in [9.17, 15) is 8.42 Å². The maximum atomic E-state index is 12.5. The number of hydrogen-bond donors (Lipinski definition) is 1. The van der Waals surface area contributed by atoms with Crippen molar-refractivity contribution >= 4 is 37.6 Å². The van der Waals surface area contributed by atoms with Gasteiger partial charge in [0.25, 0.3) is 0 Å². The SMILES string of the molecule is NC[C@@H]1CCCN1S(=O)(=O)c1cc(Br)ccc1Cl. The molecular formula is C11H14BrClN2O2S. The normalized spacial score (nSPS) is 21.4. The molecule has 4 nitrogen and oxygen atoms in total. The number of benzene rings is 1. The van der Waals surface area contributed by atoms with E-state index in [1.807, 2.05) is 0 Å². The fourth-order valence-electron chi connectivity index (χ4n) is 2.16. The zero-order valence-electron chi connectivity index (χ0n) is 9.64. The molecule has 1 heterocycles. The summed E-state index contributed by atoms with van der Waals surface area (Å²) in [6.07, 6.45) is 1.65. The Kier molecular flexibility index (Phi) is 4.33. The van der Waals surface area contributed by atoms with Crippen molar-refractivity contribution in [2.45, 2.75) is 23.8 Å². The Morgan fingerprint density at radius 2 is 2.22 bits per heavy atom. The van der Waals surface area contributed by atoms with Crippen molar-refractivity contribution in [1.82, 2.24) is 4.31 Å². The Morgan fingerprint density at radius 3 is 2.89 bits per heavy atom. The van der Waals surface area contributed by atoms with Gasteiger partial charge >= 0.3 is 0 Å². The highest BCUT2D eigenvalue weighted by Crippen LogP contribution is 2.31. The molecule has 1 fully saturated rings. The summed E-state index contributed by atoms with van der Waals surface area (Å²) in [7, 11) is -3.56. The van der Waals surface area contributed by atoms with Crippen LogP contribution >= 0.6 is 27.5 Å². The zero-order valence-corrected chi connectivity index (χ0v) is 12.8. The quantitative estimate of drug-likeness (QED) is 0.906. The Balaban J connectivity index is 2.45. The van der Waals surface area contributed by atoms with Crippen molar-refractivity contribution in [1.29, 1.82) is 0 Å². The second-order valence-corrected chi connectivity index (χ2v) is 7.40. The summed E-state index contributed by atoms with van der Waals surface area (Å²) in [4.78, 5) is 0.138. The summed E-state index contributed by atoms with van der Waals surface area (Å²) in [5.41, 5.74) is 5.62. The fraction of sp³-hybridized carbons (Fsp3) is 0.455. The highest BCUT2D eigenvalue weighted by Gasteiger charge is 2.35. The van der Waals surface area contributed by atoms with Gasteiger partial charge in [0.15, 0.2) is 0 Å². The lowest BCUT2D eigenvalue weighted by molar-refractivity contribution is 0.393. The number of halogens is 2. The van der Waals surface area contributed by atoms with Crippen molar-refractivity contribution in [2.24, 2.45) is 5.73 Å².